The number of rotatable bonds is 1. The zero-order chi connectivity index (χ0) is 10.3. The molecule has 3 rings (SSSR count). The Morgan fingerprint density at radius 2 is 2.53 bits per heavy atom. The molecule has 0 aromatic carbocycles. The Balaban J connectivity index is 1.80. The molecule has 0 aliphatic carbocycles. The first-order valence-electron chi connectivity index (χ1n) is 5.42. The lowest BCUT2D eigenvalue weighted by Crippen LogP contribution is -2.36. The van der Waals surface area contributed by atoms with Crippen molar-refractivity contribution in [3.05, 3.63) is 24.2 Å². The fourth-order valence-electron chi connectivity index (χ4n) is 2.58. The van der Waals surface area contributed by atoms with Crippen molar-refractivity contribution < 1.29 is 9.21 Å². The highest BCUT2D eigenvalue weighted by molar-refractivity contribution is 5.92. The van der Waals surface area contributed by atoms with Crippen LogP contribution in [0.25, 0.3) is 0 Å². The number of furan rings is 1. The Labute approximate surface area is 88.2 Å². The van der Waals surface area contributed by atoms with E-state index in [4.69, 9.17) is 4.42 Å². The molecule has 80 valence electrons. The second kappa shape index (κ2) is 3.38. The zero-order valence-electron chi connectivity index (χ0n) is 8.48. The summed E-state index contributed by atoms with van der Waals surface area (Å²) in [7, 11) is 0. The molecular formula is C11H14N2O2. The third-order valence-electron chi connectivity index (χ3n) is 3.32. The van der Waals surface area contributed by atoms with Gasteiger partial charge in [-0.15, -0.1) is 0 Å². The molecule has 0 radical (unpaired) electrons. The van der Waals surface area contributed by atoms with Gasteiger partial charge in [0.1, 0.15) is 0 Å². The smallest absolute Gasteiger partial charge is 0.289 e. The van der Waals surface area contributed by atoms with Crippen molar-refractivity contribution in [2.75, 3.05) is 13.1 Å². The molecular weight excluding hydrogens is 192 g/mol. The van der Waals surface area contributed by atoms with Gasteiger partial charge in [-0.1, -0.05) is 0 Å². The largest absolute Gasteiger partial charge is 0.459 e. The number of nitrogens with one attached hydrogen (secondary N) is 1. The fourth-order valence-corrected chi connectivity index (χ4v) is 2.58. The van der Waals surface area contributed by atoms with Gasteiger partial charge >= 0.3 is 0 Å². The van der Waals surface area contributed by atoms with Crippen LogP contribution in [0.3, 0.4) is 0 Å². The fraction of sp³-hybridized carbons (Fsp3) is 0.545. The van der Waals surface area contributed by atoms with Crippen LogP contribution in [0, 0.1) is 0 Å². The number of nitrogens with zero attached hydrogens (tertiary/aromatic N) is 1. The van der Waals surface area contributed by atoms with Crippen LogP contribution in [0.15, 0.2) is 22.8 Å². The van der Waals surface area contributed by atoms with E-state index in [9.17, 15) is 4.79 Å². The first kappa shape index (κ1) is 8.97. The van der Waals surface area contributed by atoms with Gasteiger partial charge in [-0.2, -0.15) is 0 Å². The highest BCUT2D eigenvalue weighted by atomic mass is 16.3. The minimum atomic E-state index is 0.0381. The van der Waals surface area contributed by atoms with Gasteiger partial charge in [0.15, 0.2) is 5.76 Å². The molecule has 1 N–H and O–H groups in total. The normalized spacial score (nSPS) is 29.5. The van der Waals surface area contributed by atoms with E-state index in [2.05, 4.69) is 5.32 Å². The van der Waals surface area contributed by atoms with E-state index < -0.39 is 0 Å². The second-order valence-electron chi connectivity index (χ2n) is 4.26. The maximum Gasteiger partial charge on any atom is 0.289 e. The van der Waals surface area contributed by atoms with Crippen molar-refractivity contribution >= 4 is 5.91 Å². The van der Waals surface area contributed by atoms with Crippen molar-refractivity contribution in [3.63, 3.8) is 0 Å². The first-order chi connectivity index (χ1) is 7.34. The average Bonchev–Trinajstić information content (AvgIpc) is 2.86. The minimum Gasteiger partial charge on any atom is -0.459 e. The first-order valence-corrected chi connectivity index (χ1v) is 5.42. The van der Waals surface area contributed by atoms with Gasteiger partial charge in [0.05, 0.1) is 6.26 Å². The van der Waals surface area contributed by atoms with Crippen LogP contribution in [0.4, 0.5) is 0 Å². The van der Waals surface area contributed by atoms with E-state index in [0.717, 1.165) is 25.9 Å². The van der Waals surface area contributed by atoms with E-state index in [1.54, 1.807) is 18.4 Å². The third-order valence-corrected chi connectivity index (χ3v) is 3.32. The predicted molar refractivity (Wildman–Crippen MR) is 54.6 cm³/mol. The van der Waals surface area contributed by atoms with Crippen molar-refractivity contribution in [1.29, 1.82) is 0 Å². The summed E-state index contributed by atoms with van der Waals surface area (Å²) >= 11 is 0. The summed E-state index contributed by atoms with van der Waals surface area (Å²) < 4.78 is 5.14. The molecule has 2 aliphatic heterocycles. The van der Waals surface area contributed by atoms with Gasteiger partial charge in [0, 0.05) is 18.6 Å². The van der Waals surface area contributed by atoms with Crippen LogP contribution in [0.5, 0.6) is 0 Å². The van der Waals surface area contributed by atoms with Gasteiger partial charge in [0.25, 0.3) is 5.91 Å². The summed E-state index contributed by atoms with van der Waals surface area (Å²) in [5.74, 6) is 0.499. The third kappa shape index (κ3) is 1.45. The monoisotopic (exact) mass is 206 g/mol. The van der Waals surface area contributed by atoms with Crippen LogP contribution in [-0.2, 0) is 0 Å². The lowest BCUT2D eigenvalue weighted by molar-refractivity contribution is 0.0704. The van der Waals surface area contributed by atoms with Crippen molar-refractivity contribution in [1.82, 2.24) is 10.2 Å². The van der Waals surface area contributed by atoms with Crippen LogP contribution in [0.1, 0.15) is 23.4 Å². The topological polar surface area (TPSA) is 45.5 Å². The van der Waals surface area contributed by atoms with Crippen molar-refractivity contribution in [2.45, 2.75) is 24.9 Å². The number of amides is 1. The van der Waals surface area contributed by atoms with Crippen LogP contribution in [0.2, 0.25) is 0 Å². The second-order valence-corrected chi connectivity index (χ2v) is 4.26. The number of likely N-dealkylation sites (tertiary alicyclic amines) is 1. The van der Waals surface area contributed by atoms with E-state index in [0.29, 0.717) is 17.8 Å². The summed E-state index contributed by atoms with van der Waals surface area (Å²) in [5, 5.41) is 3.42. The van der Waals surface area contributed by atoms with Crippen LogP contribution >= 0.6 is 0 Å². The van der Waals surface area contributed by atoms with E-state index in [1.165, 1.54) is 0 Å². The molecule has 0 saturated carbocycles. The van der Waals surface area contributed by atoms with Crippen LogP contribution in [-0.4, -0.2) is 36.0 Å². The van der Waals surface area contributed by atoms with Gasteiger partial charge in [-0.3, -0.25) is 4.79 Å². The maximum absolute atomic E-state index is 12.1. The number of fused-ring (bicyclic) bond motifs is 2. The highest BCUT2D eigenvalue weighted by Gasteiger charge is 2.38. The summed E-state index contributed by atoms with van der Waals surface area (Å²) in [4.78, 5) is 14.0. The quantitative estimate of drug-likeness (QED) is 0.741. The van der Waals surface area contributed by atoms with Gasteiger partial charge in [0.2, 0.25) is 0 Å². The molecule has 2 atom stereocenters. The molecule has 1 aromatic rings. The summed E-state index contributed by atoms with van der Waals surface area (Å²) in [6.45, 7) is 1.85. The molecule has 2 saturated heterocycles. The molecule has 1 aromatic heterocycles. The number of piperidine rings is 1. The van der Waals surface area contributed by atoms with Gasteiger partial charge < -0.3 is 14.6 Å². The van der Waals surface area contributed by atoms with E-state index >= 15 is 0 Å². The predicted octanol–water partition coefficient (Wildman–Crippen LogP) is 0.856. The lowest BCUT2D eigenvalue weighted by Gasteiger charge is -2.23. The van der Waals surface area contributed by atoms with Crippen LogP contribution < -0.4 is 5.32 Å². The van der Waals surface area contributed by atoms with E-state index in [1.807, 2.05) is 4.90 Å². The number of carbonyl (C=O) groups is 1. The zero-order valence-corrected chi connectivity index (χ0v) is 8.48. The minimum absolute atomic E-state index is 0.0381. The number of hydrogen-bond acceptors (Lipinski definition) is 3. The summed E-state index contributed by atoms with van der Waals surface area (Å²) in [6.07, 6.45) is 3.70. The molecule has 2 bridgehead atoms. The van der Waals surface area contributed by atoms with E-state index in [-0.39, 0.29) is 5.91 Å². The summed E-state index contributed by atoms with van der Waals surface area (Å²) in [6, 6.07) is 4.39. The van der Waals surface area contributed by atoms with Gasteiger partial charge in [-0.25, -0.2) is 0 Å². The molecule has 1 amide bonds. The Morgan fingerprint density at radius 1 is 1.60 bits per heavy atom. The lowest BCUT2D eigenvalue weighted by atomic mass is 10.1. The molecule has 0 spiro atoms. The molecule has 15 heavy (non-hydrogen) atoms. The van der Waals surface area contributed by atoms with Gasteiger partial charge in [-0.05, 0) is 31.5 Å². The molecule has 3 heterocycles. The molecule has 4 nitrogen and oxygen atoms in total. The molecule has 2 fully saturated rings. The van der Waals surface area contributed by atoms with Crippen molar-refractivity contribution in [2.24, 2.45) is 0 Å². The molecule has 2 aliphatic rings. The van der Waals surface area contributed by atoms with Crippen molar-refractivity contribution in [3.8, 4) is 0 Å². The Morgan fingerprint density at radius 3 is 3.27 bits per heavy atom. The Kier molecular flexibility index (Phi) is 2.02. The molecule has 4 heteroatoms. The Hall–Kier alpha value is -1.29. The summed E-state index contributed by atoms with van der Waals surface area (Å²) in [5.41, 5.74) is 0. The maximum atomic E-state index is 12.1. The SMILES string of the molecule is O=C(c1ccco1)N1CC2CC1CCN2. The Bertz CT molecular complexity index is 361. The number of carbonyl (C=O) groups excluding carboxylic acids is 1. The standard InChI is InChI=1S/C11H14N2O2/c14-11(10-2-1-5-15-10)13-7-8-6-9(13)3-4-12-8/h1-2,5,8-9,12H,3-4,6-7H2. The highest BCUT2D eigenvalue weighted by Crippen LogP contribution is 2.25. The average molecular weight is 206 g/mol. The molecule has 2 unspecified atom stereocenters. The number of hydrogen-bond donors (Lipinski definition) is 1.